The first-order valence-corrected chi connectivity index (χ1v) is 4.23. The Balaban J connectivity index is 2.61. The molecule has 1 aliphatic heterocycles. The molecule has 2 rings (SSSR count). The zero-order valence-corrected chi connectivity index (χ0v) is 7.42. The highest BCUT2D eigenvalue weighted by molar-refractivity contribution is 5.69. The minimum atomic E-state index is 0.653. The molecule has 0 amide bonds. The van der Waals surface area contributed by atoms with Crippen molar-refractivity contribution in [1.82, 2.24) is 0 Å². The van der Waals surface area contributed by atoms with Gasteiger partial charge in [-0.2, -0.15) is 5.26 Å². The van der Waals surface area contributed by atoms with E-state index in [2.05, 4.69) is 11.4 Å². The molecule has 0 fully saturated rings. The summed E-state index contributed by atoms with van der Waals surface area (Å²) in [4.78, 5) is 0. The third-order valence-electron chi connectivity index (χ3n) is 2.13. The number of aryl methyl sites for hydroxylation is 1. The van der Waals surface area contributed by atoms with E-state index in [-0.39, 0.29) is 0 Å². The van der Waals surface area contributed by atoms with Gasteiger partial charge in [0.25, 0.3) is 0 Å². The van der Waals surface area contributed by atoms with E-state index >= 15 is 0 Å². The van der Waals surface area contributed by atoms with Gasteiger partial charge in [-0.15, -0.1) is 0 Å². The number of hydrogen-bond acceptors (Lipinski definition) is 3. The standard InChI is InChI=1S/C10H10N2O/c1-7-2-3-8(6-11)9-10(7)13-5-4-12-9/h2-3,12H,4-5H2,1H3. The van der Waals surface area contributed by atoms with Crippen molar-refractivity contribution < 1.29 is 4.74 Å². The number of benzene rings is 1. The molecule has 0 radical (unpaired) electrons. The predicted octanol–water partition coefficient (Wildman–Crippen LogP) is 1.67. The summed E-state index contributed by atoms with van der Waals surface area (Å²) in [5.41, 5.74) is 2.57. The van der Waals surface area contributed by atoms with Gasteiger partial charge >= 0.3 is 0 Å². The fourth-order valence-corrected chi connectivity index (χ4v) is 1.47. The summed E-state index contributed by atoms with van der Waals surface area (Å²) in [5.74, 6) is 0.824. The molecule has 1 aromatic rings. The average molecular weight is 174 g/mol. The summed E-state index contributed by atoms with van der Waals surface area (Å²) in [6.45, 7) is 3.42. The van der Waals surface area contributed by atoms with E-state index in [4.69, 9.17) is 10.00 Å². The quantitative estimate of drug-likeness (QED) is 0.650. The first-order valence-electron chi connectivity index (χ1n) is 4.23. The van der Waals surface area contributed by atoms with Crippen molar-refractivity contribution >= 4 is 5.69 Å². The Labute approximate surface area is 76.9 Å². The molecule has 1 aliphatic rings. The first kappa shape index (κ1) is 7.93. The van der Waals surface area contributed by atoms with Gasteiger partial charge in [-0.05, 0) is 18.6 Å². The lowest BCUT2D eigenvalue weighted by Crippen LogP contribution is -2.19. The van der Waals surface area contributed by atoms with Crippen LogP contribution >= 0.6 is 0 Å². The van der Waals surface area contributed by atoms with Gasteiger partial charge in [-0.25, -0.2) is 0 Å². The number of fused-ring (bicyclic) bond motifs is 1. The second-order valence-electron chi connectivity index (χ2n) is 3.02. The SMILES string of the molecule is Cc1ccc(C#N)c2c1OCCN2. The zero-order chi connectivity index (χ0) is 9.26. The van der Waals surface area contributed by atoms with Gasteiger partial charge in [0.15, 0.2) is 0 Å². The van der Waals surface area contributed by atoms with Crippen molar-refractivity contribution in [3.63, 3.8) is 0 Å². The van der Waals surface area contributed by atoms with Crippen LogP contribution in [0.1, 0.15) is 11.1 Å². The summed E-state index contributed by atoms with van der Waals surface area (Å²) in [5, 5.41) is 12.0. The van der Waals surface area contributed by atoms with E-state index in [0.717, 1.165) is 23.5 Å². The summed E-state index contributed by atoms with van der Waals surface area (Å²) in [6.07, 6.45) is 0. The van der Waals surface area contributed by atoms with Crippen LogP contribution < -0.4 is 10.1 Å². The Morgan fingerprint density at radius 1 is 1.54 bits per heavy atom. The molecule has 0 unspecified atom stereocenters. The Hall–Kier alpha value is -1.69. The molecule has 0 atom stereocenters. The Kier molecular flexibility index (Phi) is 1.82. The summed E-state index contributed by atoms with van der Waals surface area (Å²) < 4.78 is 5.48. The second kappa shape index (κ2) is 2.98. The summed E-state index contributed by atoms with van der Waals surface area (Å²) in [7, 11) is 0. The number of nitrogens with zero attached hydrogens (tertiary/aromatic N) is 1. The molecule has 1 heterocycles. The summed E-state index contributed by atoms with van der Waals surface area (Å²) in [6, 6.07) is 5.86. The first-order chi connectivity index (χ1) is 6.33. The maximum atomic E-state index is 8.84. The van der Waals surface area contributed by atoms with Gasteiger partial charge in [0, 0.05) is 6.54 Å². The normalized spacial score (nSPS) is 13.5. The van der Waals surface area contributed by atoms with Crippen LogP contribution in [0.2, 0.25) is 0 Å². The van der Waals surface area contributed by atoms with Crippen molar-refractivity contribution in [2.24, 2.45) is 0 Å². The number of rotatable bonds is 0. The Bertz CT molecular complexity index is 379. The monoisotopic (exact) mass is 174 g/mol. The Morgan fingerprint density at radius 3 is 3.15 bits per heavy atom. The van der Waals surface area contributed by atoms with Gasteiger partial charge < -0.3 is 10.1 Å². The minimum absolute atomic E-state index is 0.653. The van der Waals surface area contributed by atoms with Gasteiger partial charge in [0.1, 0.15) is 18.4 Å². The maximum absolute atomic E-state index is 8.84. The molecule has 13 heavy (non-hydrogen) atoms. The highest BCUT2D eigenvalue weighted by Crippen LogP contribution is 2.33. The molecular formula is C10H10N2O. The summed E-state index contributed by atoms with van der Waals surface area (Å²) >= 11 is 0. The number of ether oxygens (including phenoxy) is 1. The number of anilines is 1. The van der Waals surface area contributed by atoms with Crippen LogP contribution in [-0.4, -0.2) is 13.2 Å². The van der Waals surface area contributed by atoms with Crippen molar-refractivity contribution in [2.75, 3.05) is 18.5 Å². The highest BCUT2D eigenvalue weighted by atomic mass is 16.5. The van der Waals surface area contributed by atoms with Gasteiger partial charge in [0.2, 0.25) is 0 Å². The lowest BCUT2D eigenvalue weighted by Gasteiger charge is -2.21. The van der Waals surface area contributed by atoms with Gasteiger partial charge in [-0.3, -0.25) is 0 Å². The van der Waals surface area contributed by atoms with Crippen molar-refractivity contribution in [3.05, 3.63) is 23.3 Å². The molecule has 66 valence electrons. The highest BCUT2D eigenvalue weighted by Gasteiger charge is 2.15. The lowest BCUT2D eigenvalue weighted by atomic mass is 10.1. The van der Waals surface area contributed by atoms with Crippen LogP contribution in [0.15, 0.2) is 12.1 Å². The van der Waals surface area contributed by atoms with E-state index in [1.807, 2.05) is 19.1 Å². The van der Waals surface area contributed by atoms with Crippen LogP contribution in [0, 0.1) is 18.3 Å². The van der Waals surface area contributed by atoms with E-state index in [0.29, 0.717) is 12.2 Å². The molecule has 3 nitrogen and oxygen atoms in total. The third kappa shape index (κ3) is 1.20. The zero-order valence-electron chi connectivity index (χ0n) is 7.42. The number of hydrogen-bond donors (Lipinski definition) is 1. The average Bonchev–Trinajstić information content (AvgIpc) is 2.19. The molecule has 1 aromatic carbocycles. The van der Waals surface area contributed by atoms with Gasteiger partial charge in [-0.1, -0.05) is 6.07 Å². The van der Waals surface area contributed by atoms with E-state index in [1.165, 1.54) is 0 Å². The van der Waals surface area contributed by atoms with E-state index in [9.17, 15) is 0 Å². The van der Waals surface area contributed by atoms with Crippen molar-refractivity contribution in [1.29, 1.82) is 5.26 Å². The molecule has 0 aliphatic carbocycles. The maximum Gasteiger partial charge on any atom is 0.146 e. The molecule has 0 spiro atoms. The second-order valence-corrected chi connectivity index (χ2v) is 3.02. The predicted molar refractivity (Wildman–Crippen MR) is 49.9 cm³/mol. The smallest absolute Gasteiger partial charge is 0.146 e. The van der Waals surface area contributed by atoms with E-state index in [1.54, 1.807) is 0 Å². The fraction of sp³-hybridized carbons (Fsp3) is 0.300. The van der Waals surface area contributed by atoms with Crippen LogP contribution in [-0.2, 0) is 0 Å². The largest absolute Gasteiger partial charge is 0.489 e. The molecular weight excluding hydrogens is 164 g/mol. The topological polar surface area (TPSA) is 45.0 Å². The van der Waals surface area contributed by atoms with E-state index < -0.39 is 0 Å². The minimum Gasteiger partial charge on any atom is -0.489 e. The molecule has 3 heteroatoms. The number of nitriles is 1. The molecule has 0 bridgehead atoms. The lowest BCUT2D eigenvalue weighted by molar-refractivity contribution is 0.321. The third-order valence-corrected chi connectivity index (χ3v) is 2.13. The Morgan fingerprint density at radius 2 is 2.38 bits per heavy atom. The van der Waals surface area contributed by atoms with Crippen LogP contribution in [0.4, 0.5) is 5.69 Å². The molecule has 1 N–H and O–H groups in total. The van der Waals surface area contributed by atoms with Crippen LogP contribution in [0.3, 0.4) is 0 Å². The fourth-order valence-electron chi connectivity index (χ4n) is 1.47. The van der Waals surface area contributed by atoms with Crippen LogP contribution in [0.5, 0.6) is 5.75 Å². The van der Waals surface area contributed by atoms with Crippen LogP contribution in [0.25, 0.3) is 0 Å². The molecule has 0 aromatic heterocycles. The molecule has 0 saturated carbocycles. The van der Waals surface area contributed by atoms with Crippen molar-refractivity contribution in [3.8, 4) is 11.8 Å². The number of nitrogens with one attached hydrogen (secondary N) is 1. The van der Waals surface area contributed by atoms with Gasteiger partial charge in [0.05, 0.1) is 11.3 Å². The molecule has 0 saturated heterocycles. The van der Waals surface area contributed by atoms with Crippen molar-refractivity contribution in [2.45, 2.75) is 6.92 Å².